The third-order valence-electron chi connectivity index (χ3n) is 6.34. The van der Waals surface area contributed by atoms with E-state index >= 15 is 0 Å². The topological polar surface area (TPSA) is 3.24 Å². The molecule has 2 unspecified atom stereocenters. The lowest BCUT2D eigenvalue weighted by Crippen LogP contribution is -2.48. The van der Waals surface area contributed by atoms with Gasteiger partial charge in [0, 0.05) is 18.6 Å². The van der Waals surface area contributed by atoms with Crippen molar-refractivity contribution in [3.63, 3.8) is 0 Å². The summed E-state index contributed by atoms with van der Waals surface area (Å²) in [5, 5.41) is 0. The Hall–Kier alpha value is -1.08. The molecule has 2 aliphatic heterocycles. The number of fused-ring (bicyclic) bond motifs is 2. The molecule has 1 heteroatoms. The minimum Gasteiger partial charge on any atom is -0.289 e. The quantitative estimate of drug-likeness (QED) is 0.644. The second-order valence-electron chi connectivity index (χ2n) is 8.05. The van der Waals surface area contributed by atoms with Gasteiger partial charge in [-0.05, 0) is 37.2 Å². The zero-order valence-electron chi connectivity index (χ0n) is 14.4. The molecule has 1 saturated carbocycles. The highest BCUT2D eigenvalue weighted by atomic mass is 15.2. The smallest absolute Gasteiger partial charge is 0.0287 e. The van der Waals surface area contributed by atoms with Gasteiger partial charge in [-0.3, -0.25) is 4.90 Å². The molecule has 1 aromatic rings. The van der Waals surface area contributed by atoms with Crippen molar-refractivity contribution in [2.24, 2.45) is 5.92 Å². The summed E-state index contributed by atoms with van der Waals surface area (Å²) in [5.74, 6) is 0.997. The molecule has 3 aliphatic rings. The third kappa shape index (κ3) is 3.71. The molecule has 1 aliphatic carbocycles. The Morgan fingerprint density at radius 1 is 0.870 bits per heavy atom. The maximum atomic E-state index is 2.79. The first-order valence-corrected chi connectivity index (χ1v) is 9.88. The second-order valence-corrected chi connectivity index (χ2v) is 8.05. The average molecular weight is 309 g/mol. The van der Waals surface area contributed by atoms with Crippen LogP contribution in [0.3, 0.4) is 0 Å². The fourth-order valence-electron chi connectivity index (χ4n) is 5.16. The summed E-state index contributed by atoms with van der Waals surface area (Å²) in [4.78, 5) is 2.79. The van der Waals surface area contributed by atoms with Crippen molar-refractivity contribution in [1.82, 2.24) is 4.90 Å². The normalized spacial score (nSPS) is 29.3. The Labute approximate surface area is 141 Å². The lowest BCUT2D eigenvalue weighted by atomic mass is 9.78. The summed E-state index contributed by atoms with van der Waals surface area (Å²) in [5.41, 5.74) is 3.28. The molecular formula is C22H31N. The van der Waals surface area contributed by atoms with Crippen LogP contribution in [-0.2, 0) is 6.54 Å². The van der Waals surface area contributed by atoms with Crippen LogP contribution in [0.1, 0.15) is 69.8 Å². The summed E-state index contributed by atoms with van der Waals surface area (Å²) in [6.07, 6.45) is 17.0. The van der Waals surface area contributed by atoms with Gasteiger partial charge in [-0.1, -0.05) is 80.5 Å². The van der Waals surface area contributed by atoms with Crippen LogP contribution in [-0.4, -0.2) is 17.0 Å². The summed E-state index contributed by atoms with van der Waals surface area (Å²) in [7, 11) is 0. The van der Waals surface area contributed by atoms with E-state index < -0.39 is 0 Å². The molecule has 1 aromatic carbocycles. The maximum absolute atomic E-state index is 2.79. The van der Waals surface area contributed by atoms with E-state index in [-0.39, 0.29) is 0 Å². The zero-order valence-corrected chi connectivity index (χ0v) is 14.4. The van der Waals surface area contributed by atoms with Crippen molar-refractivity contribution >= 4 is 0 Å². The average Bonchev–Trinajstić information content (AvgIpc) is 2.57. The molecule has 124 valence electrons. The summed E-state index contributed by atoms with van der Waals surface area (Å²) >= 11 is 0. The zero-order chi connectivity index (χ0) is 15.5. The predicted molar refractivity (Wildman–Crippen MR) is 97.3 cm³/mol. The van der Waals surface area contributed by atoms with Crippen LogP contribution in [0.4, 0.5) is 0 Å². The number of benzene rings is 1. The molecule has 1 saturated heterocycles. The molecule has 23 heavy (non-hydrogen) atoms. The Morgan fingerprint density at radius 3 is 2.48 bits per heavy atom. The molecule has 0 spiro atoms. The van der Waals surface area contributed by atoms with Crippen LogP contribution in [0.2, 0.25) is 0 Å². The van der Waals surface area contributed by atoms with Gasteiger partial charge in [-0.15, -0.1) is 0 Å². The monoisotopic (exact) mass is 309 g/mol. The van der Waals surface area contributed by atoms with E-state index in [4.69, 9.17) is 0 Å². The molecule has 1 nitrogen and oxygen atoms in total. The van der Waals surface area contributed by atoms with Crippen molar-refractivity contribution in [2.75, 3.05) is 0 Å². The highest BCUT2D eigenvalue weighted by Gasteiger charge is 2.34. The highest BCUT2D eigenvalue weighted by Crippen LogP contribution is 2.38. The van der Waals surface area contributed by atoms with Crippen molar-refractivity contribution in [3.8, 4) is 0 Å². The van der Waals surface area contributed by atoms with Gasteiger partial charge in [0.15, 0.2) is 0 Å². The van der Waals surface area contributed by atoms with Gasteiger partial charge in [0.1, 0.15) is 0 Å². The number of nitrogens with zero attached hydrogens (tertiary/aromatic N) is 1. The van der Waals surface area contributed by atoms with E-state index in [1.54, 1.807) is 5.57 Å². The molecular weight excluding hydrogens is 278 g/mol. The molecule has 2 atom stereocenters. The Kier molecular flexibility index (Phi) is 4.85. The molecule has 2 heterocycles. The first-order valence-electron chi connectivity index (χ1n) is 9.88. The van der Waals surface area contributed by atoms with E-state index in [1.807, 2.05) is 0 Å². The second kappa shape index (κ2) is 7.21. The molecule has 2 fully saturated rings. The van der Waals surface area contributed by atoms with Crippen molar-refractivity contribution < 1.29 is 0 Å². The van der Waals surface area contributed by atoms with Gasteiger partial charge in [0.2, 0.25) is 0 Å². The summed E-state index contributed by atoms with van der Waals surface area (Å²) < 4.78 is 0. The van der Waals surface area contributed by atoms with Crippen LogP contribution in [0.5, 0.6) is 0 Å². The fourth-order valence-corrected chi connectivity index (χ4v) is 5.16. The Bertz CT molecular complexity index is 526. The van der Waals surface area contributed by atoms with Crippen LogP contribution < -0.4 is 0 Å². The van der Waals surface area contributed by atoms with Gasteiger partial charge in [0.05, 0.1) is 0 Å². The van der Waals surface area contributed by atoms with Gasteiger partial charge in [-0.25, -0.2) is 0 Å². The third-order valence-corrected chi connectivity index (χ3v) is 6.34. The molecule has 0 amide bonds. The standard InChI is InChI=1S/C22H31N/c1-3-8-18(9-4-1)14-20-15-21-12-7-13-22(16-20)23(21)17-19-10-5-2-6-11-19/h2,5-6,10-11,15,18,21-22H,1,3-4,7-9,12-14,16-17H2. The van der Waals surface area contributed by atoms with Crippen LogP contribution >= 0.6 is 0 Å². The maximum Gasteiger partial charge on any atom is 0.0287 e. The van der Waals surface area contributed by atoms with E-state index in [9.17, 15) is 0 Å². The largest absolute Gasteiger partial charge is 0.289 e. The van der Waals surface area contributed by atoms with Crippen LogP contribution in [0.15, 0.2) is 42.0 Å². The minimum absolute atomic E-state index is 0.710. The molecule has 2 bridgehead atoms. The van der Waals surface area contributed by atoms with E-state index in [0.717, 1.165) is 18.5 Å². The Morgan fingerprint density at radius 2 is 1.70 bits per heavy atom. The highest BCUT2D eigenvalue weighted by molar-refractivity contribution is 5.20. The number of hydrogen-bond donors (Lipinski definition) is 0. The van der Waals surface area contributed by atoms with Crippen LogP contribution in [0.25, 0.3) is 0 Å². The lowest BCUT2D eigenvalue weighted by Gasteiger charge is -2.45. The van der Waals surface area contributed by atoms with E-state index in [2.05, 4.69) is 41.3 Å². The fraction of sp³-hybridized carbons (Fsp3) is 0.636. The lowest BCUT2D eigenvalue weighted by molar-refractivity contribution is 0.0865. The van der Waals surface area contributed by atoms with E-state index in [0.29, 0.717) is 6.04 Å². The predicted octanol–water partition coefficient (Wildman–Crippen LogP) is 5.71. The van der Waals surface area contributed by atoms with Crippen molar-refractivity contribution in [3.05, 3.63) is 47.5 Å². The molecule has 0 radical (unpaired) electrons. The number of hydrogen-bond acceptors (Lipinski definition) is 1. The van der Waals surface area contributed by atoms with Gasteiger partial charge in [-0.2, -0.15) is 0 Å². The molecule has 0 N–H and O–H groups in total. The van der Waals surface area contributed by atoms with Crippen molar-refractivity contribution in [1.29, 1.82) is 0 Å². The Balaban J connectivity index is 1.44. The van der Waals surface area contributed by atoms with Gasteiger partial charge >= 0.3 is 0 Å². The SMILES string of the molecule is C1=C(CC2CCCCC2)CC2CCCC1N2Cc1ccccc1. The van der Waals surface area contributed by atoms with E-state index in [1.165, 1.54) is 69.8 Å². The molecule has 4 rings (SSSR count). The summed E-state index contributed by atoms with van der Waals surface area (Å²) in [6, 6.07) is 12.6. The first-order chi connectivity index (χ1) is 11.4. The molecule has 0 aromatic heterocycles. The number of rotatable bonds is 4. The van der Waals surface area contributed by atoms with Gasteiger partial charge < -0.3 is 0 Å². The van der Waals surface area contributed by atoms with Crippen molar-refractivity contribution in [2.45, 2.75) is 82.8 Å². The summed E-state index contributed by atoms with van der Waals surface area (Å²) in [6.45, 7) is 1.14. The first kappa shape index (κ1) is 15.4. The number of piperidine rings is 1. The van der Waals surface area contributed by atoms with Crippen LogP contribution in [0, 0.1) is 5.92 Å². The van der Waals surface area contributed by atoms with Gasteiger partial charge in [0.25, 0.3) is 0 Å². The minimum atomic E-state index is 0.710.